The lowest BCUT2D eigenvalue weighted by Gasteiger charge is -2.30. The summed E-state index contributed by atoms with van der Waals surface area (Å²) in [5.41, 5.74) is 16.5. The van der Waals surface area contributed by atoms with Crippen molar-refractivity contribution in [3.8, 4) is 50.3 Å². The largest absolute Gasteiger partial charge is 0.484 e. The van der Waals surface area contributed by atoms with Crippen LogP contribution in [0.15, 0.2) is 218 Å². The maximum Gasteiger partial charge on any atom is 0.135 e. The number of ether oxygens (including phenoxy) is 1. The molecule has 0 saturated heterocycles. The summed E-state index contributed by atoms with van der Waals surface area (Å²) in [4.78, 5) is 2.44. The lowest BCUT2D eigenvalue weighted by molar-refractivity contribution is 0.223. The van der Waals surface area contributed by atoms with Gasteiger partial charge in [0.15, 0.2) is 0 Å². The summed E-state index contributed by atoms with van der Waals surface area (Å²) < 4.78 is 6.80. The van der Waals surface area contributed by atoms with Gasteiger partial charge in [-0.15, -0.1) is 0 Å². The molecule has 2 heteroatoms. The summed E-state index contributed by atoms with van der Waals surface area (Å²) in [6, 6.07) is 76.7. The van der Waals surface area contributed by atoms with Gasteiger partial charge in [-0.2, -0.15) is 0 Å². The summed E-state index contributed by atoms with van der Waals surface area (Å²) in [5, 5.41) is 2.49. The third-order valence-electron chi connectivity index (χ3n) is 11.9. The highest BCUT2D eigenvalue weighted by Crippen LogP contribution is 2.55. The van der Waals surface area contributed by atoms with Crippen molar-refractivity contribution in [2.45, 2.75) is 12.0 Å². The minimum absolute atomic E-state index is 0.0529. The summed E-state index contributed by atoms with van der Waals surface area (Å²) in [6.45, 7) is 0. The second kappa shape index (κ2) is 14.3. The van der Waals surface area contributed by atoms with Gasteiger partial charge in [0, 0.05) is 33.9 Å². The molecule has 1 aliphatic carbocycles. The number of hydrogen-bond acceptors (Lipinski definition) is 2. The fourth-order valence-corrected chi connectivity index (χ4v) is 9.03. The quantitative estimate of drug-likeness (QED) is 0.161. The van der Waals surface area contributed by atoms with E-state index in [-0.39, 0.29) is 12.0 Å². The van der Waals surface area contributed by atoms with Gasteiger partial charge < -0.3 is 9.64 Å². The third kappa shape index (κ3) is 5.90. The molecule has 0 spiro atoms. The average molecular weight is 742 g/mol. The number of nitrogens with zero attached hydrogens (tertiary/aromatic N) is 1. The predicted molar refractivity (Wildman–Crippen MR) is 242 cm³/mol. The van der Waals surface area contributed by atoms with E-state index in [1.807, 2.05) is 0 Å². The fraction of sp³-hybridized carbons (Fsp3) is 0.0357. The topological polar surface area (TPSA) is 12.5 Å². The van der Waals surface area contributed by atoms with Crippen LogP contribution in [-0.4, -0.2) is 0 Å². The van der Waals surface area contributed by atoms with Crippen molar-refractivity contribution < 1.29 is 4.74 Å². The third-order valence-corrected chi connectivity index (χ3v) is 11.9. The van der Waals surface area contributed by atoms with Gasteiger partial charge >= 0.3 is 0 Å². The zero-order valence-corrected chi connectivity index (χ0v) is 31.9. The molecule has 0 radical (unpaired) electrons. The first-order valence-electron chi connectivity index (χ1n) is 20.1. The van der Waals surface area contributed by atoms with Gasteiger partial charge in [0.25, 0.3) is 0 Å². The minimum Gasteiger partial charge on any atom is -0.484 e. The van der Waals surface area contributed by atoms with E-state index >= 15 is 0 Å². The number of rotatable bonds is 7. The lowest BCUT2D eigenvalue weighted by Crippen LogP contribution is -2.14. The smallest absolute Gasteiger partial charge is 0.135 e. The Hall–Kier alpha value is -7.42. The number of para-hydroxylation sites is 2. The molecule has 1 aliphatic heterocycles. The maximum atomic E-state index is 6.80. The first kappa shape index (κ1) is 33.9. The van der Waals surface area contributed by atoms with Crippen molar-refractivity contribution in [3.05, 3.63) is 235 Å². The fourth-order valence-electron chi connectivity index (χ4n) is 9.03. The molecule has 2 aliphatic rings. The van der Waals surface area contributed by atoms with Crippen molar-refractivity contribution in [1.29, 1.82) is 0 Å². The standard InChI is InChI=1S/C56H39NO/c1-2-13-38(14-3-1)40-25-28-43(29-26-40)47-18-8-10-22-52(47)57(46-34-31-41(32-35-46)45-30-27-39-15-4-5-17-44(39)37-45)53-23-11-9-20-49(53)50-21-12-24-54-55(50)51-36-33-42-16-6-7-19-48(42)56(51)58-54/h1-37,51,56H. The van der Waals surface area contributed by atoms with Crippen LogP contribution >= 0.6 is 0 Å². The van der Waals surface area contributed by atoms with Gasteiger partial charge in [-0.05, 0) is 86.1 Å². The van der Waals surface area contributed by atoms with Crippen LogP contribution in [0.25, 0.3) is 61.4 Å². The zero-order valence-electron chi connectivity index (χ0n) is 31.9. The van der Waals surface area contributed by atoms with Crippen LogP contribution in [0.1, 0.15) is 28.7 Å². The summed E-state index contributed by atoms with van der Waals surface area (Å²) in [7, 11) is 0. The van der Waals surface area contributed by atoms with Crippen molar-refractivity contribution in [3.63, 3.8) is 0 Å². The van der Waals surface area contributed by atoms with Gasteiger partial charge in [-0.1, -0.05) is 188 Å². The van der Waals surface area contributed by atoms with Crippen molar-refractivity contribution in [1.82, 2.24) is 0 Å². The van der Waals surface area contributed by atoms with E-state index in [0.717, 1.165) is 39.5 Å². The van der Waals surface area contributed by atoms with Gasteiger partial charge in [0.1, 0.15) is 11.9 Å². The molecule has 0 aromatic heterocycles. The first-order valence-corrected chi connectivity index (χ1v) is 20.1. The number of benzene rings is 9. The van der Waals surface area contributed by atoms with E-state index in [1.54, 1.807) is 0 Å². The van der Waals surface area contributed by atoms with E-state index in [4.69, 9.17) is 4.74 Å². The number of fused-ring (bicyclic) bond motifs is 6. The van der Waals surface area contributed by atoms with Crippen LogP contribution in [0.3, 0.4) is 0 Å². The van der Waals surface area contributed by atoms with E-state index in [2.05, 4.69) is 229 Å². The molecule has 0 bridgehead atoms. The molecule has 0 amide bonds. The summed E-state index contributed by atoms with van der Waals surface area (Å²) >= 11 is 0. The number of anilines is 3. The van der Waals surface area contributed by atoms with Gasteiger partial charge in [0.05, 0.1) is 11.4 Å². The second-order valence-corrected chi connectivity index (χ2v) is 15.2. The zero-order chi connectivity index (χ0) is 38.4. The molecule has 0 fully saturated rings. The molecule has 0 saturated carbocycles. The highest BCUT2D eigenvalue weighted by atomic mass is 16.5. The van der Waals surface area contributed by atoms with Crippen LogP contribution in [0.5, 0.6) is 5.75 Å². The number of hydrogen-bond donors (Lipinski definition) is 0. The Balaban J connectivity index is 1.06. The van der Waals surface area contributed by atoms with E-state index in [1.165, 1.54) is 55.3 Å². The molecule has 2 unspecified atom stereocenters. The van der Waals surface area contributed by atoms with Crippen molar-refractivity contribution in [2.24, 2.45) is 0 Å². The Kier molecular flexibility index (Phi) is 8.33. The molecule has 274 valence electrons. The Labute approximate surface area is 339 Å². The Morgan fingerprint density at radius 1 is 0.397 bits per heavy atom. The second-order valence-electron chi connectivity index (χ2n) is 15.2. The molecule has 58 heavy (non-hydrogen) atoms. The molecule has 0 N–H and O–H groups in total. The lowest BCUT2D eigenvalue weighted by atomic mass is 9.81. The normalized spacial score (nSPS) is 15.0. The molecule has 9 aromatic carbocycles. The van der Waals surface area contributed by atoms with E-state index in [9.17, 15) is 0 Å². The molecule has 11 rings (SSSR count). The monoisotopic (exact) mass is 741 g/mol. The first-order chi connectivity index (χ1) is 28.8. The van der Waals surface area contributed by atoms with Gasteiger partial charge in [-0.3, -0.25) is 0 Å². The molecule has 1 heterocycles. The molecular weight excluding hydrogens is 703 g/mol. The highest BCUT2D eigenvalue weighted by Gasteiger charge is 2.39. The van der Waals surface area contributed by atoms with Gasteiger partial charge in [0.2, 0.25) is 0 Å². The molecule has 2 atom stereocenters. The van der Waals surface area contributed by atoms with Crippen molar-refractivity contribution >= 4 is 33.9 Å². The maximum absolute atomic E-state index is 6.80. The summed E-state index contributed by atoms with van der Waals surface area (Å²) in [6.07, 6.45) is 4.55. The van der Waals surface area contributed by atoms with Crippen LogP contribution in [0.4, 0.5) is 17.1 Å². The van der Waals surface area contributed by atoms with Crippen molar-refractivity contribution in [2.75, 3.05) is 4.90 Å². The molecule has 9 aromatic rings. The Morgan fingerprint density at radius 3 is 1.81 bits per heavy atom. The summed E-state index contributed by atoms with van der Waals surface area (Å²) in [5.74, 6) is 1.06. The van der Waals surface area contributed by atoms with Crippen LogP contribution < -0.4 is 9.64 Å². The Morgan fingerprint density at radius 2 is 0.983 bits per heavy atom. The predicted octanol–water partition coefficient (Wildman–Crippen LogP) is 15.2. The van der Waals surface area contributed by atoms with E-state index < -0.39 is 0 Å². The highest BCUT2D eigenvalue weighted by molar-refractivity contribution is 5.95. The SMILES string of the molecule is C1=CC2c3c(cccc3-c3ccccc3N(c3ccc(-c4ccc5ccccc5c4)cc3)c3ccccc3-c3ccc(-c4ccccc4)cc3)OC2c2ccccc21. The Bertz CT molecular complexity index is 2980. The molecular formula is C56H39NO. The van der Waals surface area contributed by atoms with Gasteiger partial charge in [-0.25, -0.2) is 0 Å². The molecule has 2 nitrogen and oxygen atoms in total. The average Bonchev–Trinajstić information content (AvgIpc) is 3.70. The van der Waals surface area contributed by atoms with Crippen LogP contribution in [0.2, 0.25) is 0 Å². The minimum atomic E-state index is -0.0529. The van der Waals surface area contributed by atoms with Crippen LogP contribution in [-0.2, 0) is 0 Å². The van der Waals surface area contributed by atoms with E-state index in [0.29, 0.717) is 0 Å². The van der Waals surface area contributed by atoms with Crippen LogP contribution in [0, 0.1) is 0 Å².